The number of aromatic nitrogens is 4. The molecule has 5 rings (SSSR count). The number of hydrogen-bond donors (Lipinski definition) is 3. The van der Waals surface area contributed by atoms with Crippen LogP contribution in [0.3, 0.4) is 0 Å². The first-order valence-corrected chi connectivity index (χ1v) is 15.7. The van der Waals surface area contributed by atoms with Crippen molar-refractivity contribution in [3.63, 3.8) is 0 Å². The number of para-hydroxylation sites is 2. The van der Waals surface area contributed by atoms with Crippen LogP contribution in [0, 0.1) is 5.92 Å². The normalized spacial score (nSPS) is 12.0. The van der Waals surface area contributed by atoms with Crippen molar-refractivity contribution in [3.8, 4) is 0 Å². The largest absolute Gasteiger partial charge is 0.461 e. The highest BCUT2D eigenvalue weighted by molar-refractivity contribution is 5.77. The molecule has 0 amide bonds. The monoisotopic (exact) mass is 625 g/mol. The number of nitrogens with one attached hydrogen (secondary N) is 3. The fourth-order valence-corrected chi connectivity index (χ4v) is 5.73. The molecule has 3 N–H and O–H groups in total. The highest BCUT2D eigenvalue weighted by Crippen LogP contribution is 2.19. The lowest BCUT2D eigenvalue weighted by Crippen LogP contribution is -2.35. The van der Waals surface area contributed by atoms with Crippen molar-refractivity contribution in [3.05, 3.63) is 126 Å². The molecule has 0 saturated heterocycles. The van der Waals surface area contributed by atoms with Crippen molar-refractivity contribution >= 4 is 27.8 Å². The van der Waals surface area contributed by atoms with E-state index in [1.54, 1.807) is 48.5 Å². The Balaban J connectivity index is 1.12. The average Bonchev–Trinajstić information content (AvgIpc) is 3.06. The van der Waals surface area contributed by atoms with Crippen molar-refractivity contribution < 1.29 is 9.53 Å². The number of H-pyrrole nitrogens is 2. The lowest BCUT2D eigenvalue weighted by molar-refractivity contribution is -0.146. The van der Waals surface area contributed by atoms with Crippen molar-refractivity contribution in [1.29, 1.82) is 0 Å². The molecule has 11 nitrogen and oxygen atoms in total. The summed E-state index contributed by atoms with van der Waals surface area (Å²) in [6, 6.07) is 23.4. The topological polar surface area (TPSA) is 148 Å². The maximum atomic E-state index is 12.9. The number of ether oxygens (including phenoxy) is 1. The van der Waals surface area contributed by atoms with E-state index in [2.05, 4.69) is 15.3 Å². The first-order valence-electron chi connectivity index (χ1n) is 15.7. The average molecular weight is 626 g/mol. The molecule has 2 aromatic heterocycles. The molecule has 5 aromatic rings. The Kier molecular flexibility index (Phi) is 11.1. The Morgan fingerprint density at radius 3 is 1.83 bits per heavy atom. The maximum Gasteiger partial charge on any atom is 0.328 e. The summed E-state index contributed by atoms with van der Waals surface area (Å²) in [7, 11) is 0. The number of benzene rings is 3. The minimum Gasteiger partial charge on any atom is -0.461 e. The van der Waals surface area contributed by atoms with Gasteiger partial charge in [-0.2, -0.15) is 0 Å². The first kappa shape index (κ1) is 32.4. The third-order valence-electron chi connectivity index (χ3n) is 8.17. The van der Waals surface area contributed by atoms with Crippen LogP contribution in [0.4, 0.5) is 0 Å². The number of carbonyl (C=O) groups excluding carboxylic acids is 1. The fraction of sp³-hybridized carbons (Fsp3) is 0.343. The molecule has 0 aliphatic rings. The van der Waals surface area contributed by atoms with Crippen molar-refractivity contribution in [2.45, 2.75) is 58.2 Å². The van der Waals surface area contributed by atoms with Gasteiger partial charge in [0.15, 0.2) is 0 Å². The van der Waals surface area contributed by atoms with Gasteiger partial charge in [0, 0.05) is 19.5 Å². The van der Waals surface area contributed by atoms with E-state index >= 15 is 0 Å². The van der Waals surface area contributed by atoms with Gasteiger partial charge in [-0.3, -0.25) is 23.5 Å². The van der Waals surface area contributed by atoms with Crippen LogP contribution in [0.25, 0.3) is 21.8 Å². The van der Waals surface area contributed by atoms with Gasteiger partial charge >= 0.3 is 17.3 Å². The molecule has 0 bridgehead atoms. The van der Waals surface area contributed by atoms with Gasteiger partial charge in [-0.25, -0.2) is 9.59 Å². The molecule has 11 heteroatoms. The quantitative estimate of drug-likeness (QED) is 0.112. The molecule has 0 aliphatic heterocycles. The number of carbonyl (C=O) groups is 1. The zero-order valence-corrected chi connectivity index (χ0v) is 25.7. The second-order valence-electron chi connectivity index (χ2n) is 11.5. The number of rotatable bonds is 16. The Bertz CT molecular complexity index is 2010. The van der Waals surface area contributed by atoms with E-state index in [4.69, 9.17) is 4.74 Å². The summed E-state index contributed by atoms with van der Waals surface area (Å²) in [5.74, 6) is -0.274. The second kappa shape index (κ2) is 15.8. The predicted molar refractivity (Wildman–Crippen MR) is 178 cm³/mol. The molecule has 2 heterocycles. The number of aromatic amines is 2. The van der Waals surface area contributed by atoms with E-state index in [-0.39, 0.29) is 42.6 Å². The minimum atomic E-state index is -0.445. The number of fused-ring (bicyclic) bond motifs is 2. The molecular formula is C35H39N5O6. The van der Waals surface area contributed by atoms with E-state index in [0.29, 0.717) is 60.7 Å². The van der Waals surface area contributed by atoms with E-state index in [9.17, 15) is 24.0 Å². The molecule has 1 unspecified atom stereocenters. The van der Waals surface area contributed by atoms with Crippen molar-refractivity contribution in [2.24, 2.45) is 5.92 Å². The molecule has 0 saturated carbocycles. The number of hydrogen-bond acceptors (Lipinski definition) is 7. The standard InChI is InChI=1S/C35H39N5O6/c41-31(46-24-26-11-2-1-3-12-26)23-25(14-9-21-39-32(42)27-15-4-6-17-29(27)37-34(39)44)13-8-19-36-20-10-22-40-33(43)28-16-5-7-18-30(28)38-35(40)45/h1-7,11-12,15-18,25,36H,8-10,13-14,19-24H2,(H,37,44)(H,38,45). The molecule has 0 aliphatic carbocycles. The van der Waals surface area contributed by atoms with Crippen LogP contribution in [0.15, 0.2) is 98.0 Å². The summed E-state index contributed by atoms with van der Waals surface area (Å²) >= 11 is 0. The Labute approximate surface area is 264 Å². The first-order chi connectivity index (χ1) is 22.4. The Morgan fingerprint density at radius 1 is 0.674 bits per heavy atom. The van der Waals surface area contributed by atoms with E-state index in [1.807, 2.05) is 30.3 Å². The third kappa shape index (κ3) is 8.36. The van der Waals surface area contributed by atoms with Crippen LogP contribution in [0.1, 0.15) is 44.1 Å². The van der Waals surface area contributed by atoms with Crippen LogP contribution in [0.5, 0.6) is 0 Å². The molecule has 3 aromatic carbocycles. The molecule has 1 atom stereocenters. The number of nitrogens with zero attached hydrogens (tertiary/aromatic N) is 2. The van der Waals surface area contributed by atoms with Crippen molar-refractivity contribution in [2.75, 3.05) is 13.1 Å². The summed E-state index contributed by atoms with van der Waals surface area (Å²) in [6.07, 6.45) is 3.59. The van der Waals surface area contributed by atoms with Gasteiger partial charge in [-0.1, -0.05) is 54.6 Å². The Hall–Kier alpha value is -5.03. The summed E-state index contributed by atoms with van der Waals surface area (Å²) in [5.41, 5.74) is 0.472. The van der Waals surface area contributed by atoms with Crippen LogP contribution in [0.2, 0.25) is 0 Å². The van der Waals surface area contributed by atoms with E-state index in [1.165, 1.54) is 9.13 Å². The zero-order chi connectivity index (χ0) is 32.3. The van der Waals surface area contributed by atoms with E-state index in [0.717, 1.165) is 18.4 Å². The van der Waals surface area contributed by atoms with Gasteiger partial charge in [0.2, 0.25) is 0 Å². The van der Waals surface area contributed by atoms with Crippen LogP contribution >= 0.6 is 0 Å². The zero-order valence-electron chi connectivity index (χ0n) is 25.7. The Morgan fingerprint density at radius 2 is 1.20 bits per heavy atom. The fourth-order valence-electron chi connectivity index (χ4n) is 5.73. The predicted octanol–water partition coefficient (Wildman–Crippen LogP) is 3.68. The smallest absolute Gasteiger partial charge is 0.328 e. The van der Waals surface area contributed by atoms with Gasteiger partial charge < -0.3 is 20.0 Å². The molecule has 0 fully saturated rings. The van der Waals surface area contributed by atoms with Crippen LogP contribution in [-0.2, 0) is 29.2 Å². The van der Waals surface area contributed by atoms with Gasteiger partial charge in [0.1, 0.15) is 6.61 Å². The molecular weight excluding hydrogens is 586 g/mol. The summed E-state index contributed by atoms with van der Waals surface area (Å²) < 4.78 is 7.99. The summed E-state index contributed by atoms with van der Waals surface area (Å²) in [4.78, 5) is 68.9. The van der Waals surface area contributed by atoms with Gasteiger partial charge in [0.25, 0.3) is 11.1 Å². The summed E-state index contributed by atoms with van der Waals surface area (Å²) in [6.45, 7) is 2.08. The molecule has 240 valence electrons. The van der Waals surface area contributed by atoms with Gasteiger partial charge in [0.05, 0.1) is 21.8 Å². The molecule has 46 heavy (non-hydrogen) atoms. The highest BCUT2D eigenvalue weighted by atomic mass is 16.5. The third-order valence-corrected chi connectivity index (χ3v) is 8.17. The van der Waals surface area contributed by atoms with Crippen LogP contribution in [-0.4, -0.2) is 38.2 Å². The second-order valence-corrected chi connectivity index (χ2v) is 11.5. The van der Waals surface area contributed by atoms with Gasteiger partial charge in [-0.15, -0.1) is 0 Å². The van der Waals surface area contributed by atoms with E-state index < -0.39 is 11.4 Å². The van der Waals surface area contributed by atoms with Gasteiger partial charge in [-0.05, 0) is 80.9 Å². The highest BCUT2D eigenvalue weighted by Gasteiger charge is 2.16. The summed E-state index contributed by atoms with van der Waals surface area (Å²) in [5, 5.41) is 4.31. The maximum absolute atomic E-state index is 12.9. The van der Waals surface area contributed by atoms with Crippen molar-refractivity contribution in [1.82, 2.24) is 24.4 Å². The molecule has 0 radical (unpaired) electrons. The minimum absolute atomic E-state index is 0.00930. The number of esters is 1. The SMILES string of the molecule is O=C(CC(CCCNCCCn1c(=O)[nH]c2ccccc2c1=O)CCCn1c(=O)[nH]c2ccccc2c1=O)OCc1ccccc1. The lowest BCUT2D eigenvalue weighted by atomic mass is 9.94. The molecule has 0 spiro atoms. The van der Waals surface area contributed by atoms with Crippen LogP contribution < -0.4 is 27.8 Å². The lowest BCUT2D eigenvalue weighted by Gasteiger charge is -2.17.